The summed E-state index contributed by atoms with van der Waals surface area (Å²) in [5.74, 6) is -1.33. The lowest BCUT2D eigenvalue weighted by molar-refractivity contribution is -0.385. The van der Waals surface area contributed by atoms with Crippen molar-refractivity contribution in [3.8, 4) is 11.5 Å². The number of anilines is 1. The number of carbonyl (C=O) groups is 1. The number of amides is 1. The van der Waals surface area contributed by atoms with E-state index < -0.39 is 34.5 Å². The third kappa shape index (κ3) is 6.79. The van der Waals surface area contributed by atoms with Gasteiger partial charge in [0.15, 0.2) is 12.4 Å². The largest absolute Gasteiger partial charge is 0.490 e. The number of fused-ring (bicyclic) bond motifs is 1. The van der Waals surface area contributed by atoms with Crippen molar-refractivity contribution in [2.45, 2.75) is 33.1 Å². The maximum atomic E-state index is 13.9. The van der Waals surface area contributed by atoms with Crippen LogP contribution in [0.15, 0.2) is 69.0 Å². The van der Waals surface area contributed by atoms with Crippen molar-refractivity contribution < 1.29 is 23.6 Å². The molecule has 1 aromatic heterocycles. The van der Waals surface area contributed by atoms with Crippen LogP contribution in [0.2, 0.25) is 0 Å². The fourth-order valence-corrected chi connectivity index (χ4v) is 4.38. The number of nitrogens with one attached hydrogen (secondary N) is 1. The molecule has 3 aromatic carbocycles. The number of rotatable bonds is 11. The van der Waals surface area contributed by atoms with Crippen molar-refractivity contribution in [1.29, 1.82) is 0 Å². The number of benzene rings is 3. The lowest BCUT2D eigenvalue weighted by atomic mass is 10.1. The second-order valence-corrected chi connectivity index (χ2v) is 10.1. The highest BCUT2D eigenvalue weighted by atomic mass is 79.9. The summed E-state index contributed by atoms with van der Waals surface area (Å²) in [6.07, 6.45) is 1.99. The fourth-order valence-electron chi connectivity index (χ4n) is 4.02. The summed E-state index contributed by atoms with van der Waals surface area (Å²) in [5, 5.41) is 19.1. The minimum Gasteiger partial charge on any atom is -0.490 e. The van der Waals surface area contributed by atoms with Crippen LogP contribution in [-0.4, -0.2) is 39.9 Å². The first-order valence-corrected chi connectivity index (χ1v) is 13.8. The Balaban J connectivity index is 1.71. The zero-order chi connectivity index (χ0) is 30.4. The molecule has 11 nitrogen and oxygen atoms in total. The number of ether oxygens (including phenoxy) is 2. The van der Waals surface area contributed by atoms with E-state index in [4.69, 9.17) is 9.47 Å². The summed E-state index contributed by atoms with van der Waals surface area (Å²) in [6, 6.07) is 13.4. The number of halogens is 2. The number of hydrogen-bond acceptors (Lipinski definition) is 8. The van der Waals surface area contributed by atoms with Crippen LogP contribution in [0.25, 0.3) is 10.9 Å². The predicted molar refractivity (Wildman–Crippen MR) is 160 cm³/mol. The standard InChI is InChI=1S/C29H27BrFN5O6/c1-4-17(3)28-34-22-11-10-19(30)14-20(22)29(38)35(28)32-15-18-12-24(36(39)40)27(25(13-18)41-5-2)42-16-26(37)33-23-9-7-6-8-21(23)31/h6-15,17H,4-5,16H2,1-3H3,(H,33,37)/t17-/m1/s1. The van der Waals surface area contributed by atoms with Gasteiger partial charge in [-0.05, 0) is 49.7 Å². The highest BCUT2D eigenvalue weighted by molar-refractivity contribution is 9.10. The average Bonchev–Trinajstić information content (AvgIpc) is 2.97. The second-order valence-electron chi connectivity index (χ2n) is 9.18. The Morgan fingerprint density at radius 1 is 1.21 bits per heavy atom. The Morgan fingerprint density at radius 3 is 2.67 bits per heavy atom. The predicted octanol–water partition coefficient (Wildman–Crippen LogP) is 6.02. The first-order chi connectivity index (χ1) is 20.1. The molecule has 0 spiro atoms. The zero-order valence-corrected chi connectivity index (χ0v) is 24.6. The molecule has 0 aliphatic heterocycles. The third-order valence-corrected chi connectivity index (χ3v) is 6.75. The lowest BCUT2D eigenvalue weighted by Crippen LogP contribution is -2.23. The molecule has 0 saturated heterocycles. The molecular formula is C29H27BrFN5O6. The molecule has 0 saturated carbocycles. The summed E-state index contributed by atoms with van der Waals surface area (Å²) in [7, 11) is 0. The Bertz CT molecular complexity index is 1740. The van der Waals surface area contributed by atoms with Crippen LogP contribution in [0.3, 0.4) is 0 Å². The van der Waals surface area contributed by atoms with Crippen molar-refractivity contribution in [2.75, 3.05) is 18.5 Å². The van der Waals surface area contributed by atoms with Gasteiger partial charge in [0.1, 0.15) is 11.6 Å². The molecule has 218 valence electrons. The molecule has 0 unspecified atom stereocenters. The molecule has 0 fully saturated rings. The van der Waals surface area contributed by atoms with E-state index >= 15 is 0 Å². The highest BCUT2D eigenvalue weighted by Crippen LogP contribution is 2.38. The van der Waals surface area contributed by atoms with Crippen molar-refractivity contribution in [2.24, 2.45) is 5.10 Å². The zero-order valence-electron chi connectivity index (χ0n) is 23.0. The summed E-state index contributed by atoms with van der Waals surface area (Å²) >= 11 is 3.37. The number of nitrogens with zero attached hydrogens (tertiary/aromatic N) is 4. The van der Waals surface area contributed by atoms with Crippen LogP contribution in [0.5, 0.6) is 11.5 Å². The molecule has 42 heavy (non-hydrogen) atoms. The fraction of sp³-hybridized carbons (Fsp3) is 0.241. The van der Waals surface area contributed by atoms with Gasteiger partial charge < -0.3 is 14.8 Å². The first-order valence-electron chi connectivity index (χ1n) is 13.0. The van der Waals surface area contributed by atoms with E-state index in [1.165, 1.54) is 41.2 Å². The second kappa shape index (κ2) is 13.3. The van der Waals surface area contributed by atoms with Crippen LogP contribution >= 0.6 is 15.9 Å². The van der Waals surface area contributed by atoms with E-state index in [0.29, 0.717) is 27.6 Å². The van der Waals surface area contributed by atoms with Crippen LogP contribution in [0, 0.1) is 15.9 Å². The summed E-state index contributed by atoms with van der Waals surface area (Å²) in [6.45, 7) is 5.05. The summed E-state index contributed by atoms with van der Waals surface area (Å²) in [5.41, 5.74) is -0.173. The Kier molecular flexibility index (Phi) is 9.63. The smallest absolute Gasteiger partial charge is 0.315 e. The van der Waals surface area contributed by atoms with Gasteiger partial charge in [-0.25, -0.2) is 9.37 Å². The highest BCUT2D eigenvalue weighted by Gasteiger charge is 2.24. The van der Waals surface area contributed by atoms with Crippen molar-refractivity contribution in [1.82, 2.24) is 9.66 Å². The monoisotopic (exact) mass is 639 g/mol. The molecule has 0 bridgehead atoms. The van der Waals surface area contributed by atoms with Crippen molar-refractivity contribution in [3.63, 3.8) is 0 Å². The van der Waals surface area contributed by atoms with E-state index in [1.54, 1.807) is 31.2 Å². The van der Waals surface area contributed by atoms with Crippen LogP contribution in [-0.2, 0) is 4.79 Å². The molecule has 1 heterocycles. The van der Waals surface area contributed by atoms with Gasteiger partial charge in [-0.2, -0.15) is 9.78 Å². The van der Waals surface area contributed by atoms with E-state index in [0.717, 1.165) is 0 Å². The maximum absolute atomic E-state index is 13.9. The van der Waals surface area contributed by atoms with Crippen LogP contribution < -0.4 is 20.3 Å². The molecule has 0 aliphatic rings. The molecule has 1 amide bonds. The number of nitro groups is 1. The minimum absolute atomic E-state index is 0.0121. The normalized spacial score (nSPS) is 11.9. The van der Waals surface area contributed by atoms with Gasteiger partial charge >= 0.3 is 5.69 Å². The molecule has 4 aromatic rings. The van der Waals surface area contributed by atoms with Gasteiger partial charge in [0.25, 0.3) is 11.5 Å². The average molecular weight is 640 g/mol. The molecule has 1 N–H and O–H groups in total. The van der Waals surface area contributed by atoms with Gasteiger partial charge in [0, 0.05) is 22.0 Å². The van der Waals surface area contributed by atoms with E-state index in [-0.39, 0.29) is 35.3 Å². The quantitative estimate of drug-likeness (QED) is 0.120. The van der Waals surface area contributed by atoms with Gasteiger partial charge in [-0.15, -0.1) is 0 Å². The topological polar surface area (TPSA) is 138 Å². The minimum atomic E-state index is -0.727. The third-order valence-electron chi connectivity index (χ3n) is 6.26. The number of hydrogen-bond donors (Lipinski definition) is 1. The molecule has 0 aliphatic carbocycles. The Morgan fingerprint density at radius 2 is 1.98 bits per heavy atom. The Labute approximate surface area is 248 Å². The van der Waals surface area contributed by atoms with Gasteiger partial charge in [-0.3, -0.25) is 19.7 Å². The van der Waals surface area contributed by atoms with E-state index in [9.17, 15) is 24.1 Å². The molecule has 1 atom stereocenters. The summed E-state index contributed by atoms with van der Waals surface area (Å²) in [4.78, 5) is 41.8. The number of aromatic nitrogens is 2. The van der Waals surface area contributed by atoms with Crippen molar-refractivity contribution >= 4 is 50.3 Å². The molecule has 4 rings (SSSR count). The lowest BCUT2D eigenvalue weighted by Gasteiger charge is -2.14. The van der Waals surface area contributed by atoms with Crippen LogP contribution in [0.1, 0.15) is 44.5 Å². The molecule has 13 heteroatoms. The molecule has 0 radical (unpaired) electrons. The van der Waals surface area contributed by atoms with E-state index in [1.807, 2.05) is 13.8 Å². The maximum Gasteiger partial charge on any atom is 0.315 e. The van der Waals surface area contributed by atoms with Gasteiger partial charge in [0.05, 0.1) is 34.3 Å². The SMILES string of the molecule is CCOc1cc(C=Nn2c([C@H](C)CC)nc3ccc(Br)cc3c2=O)cc([N+](=O)[O-])c1OCC(=O)Nc1ccccc1F. The summed E-state index contributed by atoms with van der Waals surface area (Å²) < 4.78 is 26.9. The first kappa shape index (κ1) is 30.3. The number of carbonyl (C=O) groups excluding carboxylic acids is 1. The number of para-hydroxylation sites is 1. The van der Waals surface area contributed by atoms with Crippen molar-refractivity contribution in [3.05, 3.63) is 96.7 Å². The Hall–Kier alpha value is -4.65. The van der Waals surface area contributed by atoms with E-state index in [2.05, 4.69) is 31.3 Å². The van der Waals surface area contributed by atoms with Crippen LogP contribution in [0.4, 0.5) is 15.8 Å². The van der Waals surface area contributed by atoms with Gasteiger partial charge in [0.2, 0.25) is 5.75 Å². The van der Waals surface area contributed by atoms with Gasteiger partial charge in [-0.1, -0.05) is 41.9 Å². The molecular weight excluding hydrogens is 613 g/mol. The number of nitro benzene ring substituents is 1.